The van der Waals surface area contributed by atoms with Gasteiger partial charge in [0.1, 0.15) is 4.90 Å². The zero-order valence-corrected chi connectivity index (χ0v) is 12.6. The Labute approximate surface area is 118 Å². The number of sulfonamides is 1. The van der Waals surface area contributed by atoms with E-state index in [0.29, 0.717) is 23.2 Å². The molecular weight excluding hydrogens is 284 g/mol. The maximum Gasteiger partial charge on any atom is 0.244 e. The lowest BCUT2D eigenvalue weighted by atomic mass is 10.2. The van der Waals surface area contributed by atoms with E-state index < -0.39 is 10.0 Å². The average Bonchev–Trinajstić information content (AvgIpc) is 2.80. The second kappa shape index (κ2) is 6.25. The number of aromatic nitrogens is 2. The number of nitrogens with one attached hydrogen (secondary N) is 2. The Kier molecular flexibility index (Phi) is 4.88. The number of nitrogens with two attached hydrogens (primary N) is 1. The number of hydrogen-bond donors (Lipinski definition) is 3. The molecule has 1 saturated heterocycles. The van der Waals surface area contributed by atoms with Crippen molar-refractivity contribution in [3.8, 4) is 0 Å². The van der Waals surface area contributed by atoms with E-state index in [1.807, 2.05) is 11.8 Å². The lowest BCUT2D eigenvalue weighted by molar-refractivity contribution is 0.572. The SMILES string of the molecule is Cc1[nH]nc(CN)c1S(=O)(=O)NCC1CCCCS1. The minimum absolute atomic E-state index is 0.110. The first-order valence-corrected chi connectivity index (χ1v) is 8.93. The summed E-state index contributed by atoms with van der Waals surface area (Å²) >= 11 is 1.84. The highest BCUT2D eigenvalue weighted by molar-refractivity contribution is 8.00. The molecule has 1 aliphatic rings. The molecule has 1 aromatic heterocycles. The van der Waals surface area contributed by atoms with Gasteiger partial charge in [-0.2, -0.15) is 16.9 Å². The highest BCUT2D eigenvalue weighted by Gasteiger charge is 2.25. The number of aromatic amines is 1. The van der Waals surface area contributed by atoms with Crippen LogP contribution in [0.3, 0.4) is 0 Å². The molecule has 1 fully saturated rings. The highest BCUT2D eigenvalue weighted by Crippen LogP contribution is 2.25. The van der Waals surface area contributed by atoms with E-state index in [9.17, 15) is 8.42 Å². The van der Waals surface area contributed by atoms with Gasteiger partial charge in [0.05, 0.1) is 11.4 Å². The van der Waals surface area contributed by atoms with Crippen molar-refractivity contribution in [2.24, 2.45) is 5.73 Å². The summed E-state index contributed by atoms with van der Waals surface area (Å²) in [5.41, 5.74) is 6.44. The fourth-order valence-electron chi connectivity index (χ4n) is 2.21. The summed E-state index contributed by atoms with van der Waals surface area (Å²) in [6.07, 6.45) is 3.48. The van der Waals surface area contributed by atoms with Crippen LogP contribution in [0.1, 0.15) is 30.7 Å². The summed E-state index contributed by atoms with van der Waals surface area (Å²) < 4.78 is 27.3. The molecule has 1 aromatic rings. The quantitative estimate of drug-likeness (QED) is 0.745. The Morgan fingerprint density at radius 3 is 2.95 bits per heavy atom. The molecule has 1 atom stereocenters. The van der Waals surface area contributed by atoms with Crippen molar-refractivity contribution >= 4 is 21.8 Å². The van der Waals surface area contributed by atoms with Crippen LogP contribution < -0.4 is 10.5 Å². The number of aryl methyl sites for hydroxylation is 1. The molecular formula is C11H20N4O2S2. The average molecular weight is 304 g/mol. The van der Waals surface area contributed by atoms with Gasteiger partial charge in [0, 0.05) is 18.3 Å². The minimum Gasteiger partial charge on any atom is -0.325 e. The van der Waals surface area contributed by atoms with Crippen LogP contribution in [0.4, 0.5) is 0 Å². The molecule has 6 nitrogen and oxygen atoms in total. The molecule has 4 N–H and O–H groups in total. The Morgan fingerprint density at radius 1 is 1.53 bits per heavy atom. The second-order valence-corrected chi connectivity index (χ2v) is 7.78. The maximum atomic E-state index is 12.3. The van der Waals surface area contributed by atoms with Crippen LogP contribution in [-0.4, -0.2) is 36.2 Å². The van der Waals surface area contributed by atoms with Gasteiger partial charge in [-0.15, -0.1) is 0 Å². The van der Waals surface area contributed by atoms with Crippen molar-refractivity contribution in [2.45, 2.75) is 42.9 Å². The van der Waals surface area contributed by atoms with Crippen molar-refractivity contribution in [3.05, 3.63) is 11.4 Å². The monoisotopic (exact) mass is 304 g/mol. The maximum absolute atomic E-state index is 12.3. The Balaban J connectivity index is 2.07. The molecule has 0 bridgehead atoms. The molecule has 2 rings (SSSR count). The molecule has 19 heavy (non-hydrogen) atoms. The van der Waals surface area contributed by atoms with Crippen LogP contribution in [0.2, 0.25) is 0 Å². The van der Waals surface area contributed by atoms with Crippen LogP contribution in [0, 0.1) is 6.92 Å². The number of nitrogens with zero attached hydrogens (tertiary/aromatic N) is 1. The summed E-state index contributed by atoms with van der Waals surface area (Å²) in [4.78, 5) is 0.204. The number of H-pyrrole nitrogens is 1. The normalized spacial score (nSPS) is 20.6. The van der Waals surface area contributed by atoms with E-state index in [1.54, 1.807) is 6.92 Å². The molecule has 0 radical (unpaired) electrons. The van der Waals surface area contributed by atoms with Gasteiger partial charge >= 0.3 is 0 Å². The van der Waals surface area contributed by atoms with Crippen molar-refractivity contribution in [1.29, 1.82) is 0 Å². The molecule has 0 aliphatic carbocycles. The van der Waals surface area contributed by atoms with Crippen LogP contribution in [0.15, 0.2) is 4.90 Å². The molecule has 1 unspecified atom stereocenters. The van der Waals surface area contributed by atoms with Crippen LogP contribution in [0.25, 0.3) is 0 Å². The topological polar surface area (TPSA) is 101 Å². The molecule has 0 spiro atoms. The Bertz CT molecular complexity index is 521. The van der Waals surface area contributed by atoms with E-state index >= 15 is 0 Å². The predicted molar refractivity (Wildman–Crippen MR) is 76.5 cm³/mol. The standard InChI is InChI=1S/C11H20N4O2S2/c1-8-11(10(6-12)15-14-8)19(16,17)13-7-9-4-2-3-5-18-9/h9,13H,2-7,12H2,1H3,(H,14,15). The van der Waals surface area contributed by atoms with Gasteiger partial charge in [-0.1, -0.05) is 6.42 Å². The van der Waals surface area contributed by atoms with Gasteiger partial charge in [0.15, 0.2) is 0 Å². The van der Waals surface area contributed by atoms with Crippen LogP contribution >= 0.6 is 11.8 Å². The van der Waals surface area contributed by atoms with E-state index in [4.69, 9.17) is 5.73 Å². The number of rotatable bonds is 5. The summed E-state index contributed by atoms with van der Waals surface area (Å²) in [6, 6.07) is 0. The lowest BCUT2D eigenvalue weighted by Gasteiger charge is -2.21. The zero-order valence-electron chi connectivity index (χ0n) is 11.0. The minimum atomic E-state index is -3.53. The van der Waals surface area contributed by atoms with E-state index in [0.717, 1.165) is 12.2 Å². The molecule has 1 aliphatic heterocycles. The predicted octanol–water partition coefficient (Wildman–Crippen LogP) is 0.741. The van der Waals surface area contributed by atoms with Crippen molar-refractivity contribution in [1.82, 2.24) is 14.9 Å². The molecule has 8 heteroatoms. The van der Waals surface area contributed by atoms with Gasteiger partial charge in [-0.3, -0.25) is 5.10 Å². The van der Waals surface area contributed by atoms with Gasteiger partial charge < -0.3 is 5.73 Å². The molecule has 0 amide bonds. The second-order valence-electron chi connectivity index (χ2n) is 4.67. The first-order chi connectivity index (χ1) is 9.04. The summed E-state index contributed by atoms with van der Waals surface area (Å²) in [7, 11) is -3.53. The third-order valence-electron chi connectivity index (χ3n) is 3.20. The number of thioether (sulfide) groups is 1. The fraction of sp³-hybridized carbons (Fsp3) is 0.727. The summed E-state index contributed by atoms with van der Waals surface area (Å²) in [6.45, 7) is 2.27. The third kappa shape index (κ3) is 3.50. The first kappa shape index (κ1) is 14.8. The Morgan fingerprint density at radius 2 is 2.32 bits per heavy atom. The highest BCUT2D eigenvalue weighted by atomic mass is 32.2. The van der Waals surface area contributed by atoms with Gasteiger partial charge in [0.25, 0.3) is 0 Å². The van der Waals surface area contributed by atoms with Crippen LogP contribution in [-0.2, 0) is 16.6 Å². The zero-order chi connectivity index (χ0) is 13.9. The number of hydrogen-bond acceptors (Lipinski definition) is 5. The van der Waals surface area contributed by atoms with Crippen molar-refractivity contribution in [3.63, 3.8) is 0 Å². The summed E-state index contributed by atoms with van der Waals surface area (Å²) in [5.74, 6) is 1.12. The summed E-state index contributed by atoms with van der Waals surface area (Å²) in [5, 5.41) is 6.97. The van der Waals surface area contributed by atoms with Crippen molar-refractivity contribution < 1.29 is 8.42 Å². The molecule has 108 valence electrons. The fourth-order valence-corrected chi connectivity index (χ4v) is 5.00. The van der Waals surface area contributed by atoms with E-state index in [1.165, 1.54) is 12.8 Å². The largest absolute Gasteiger partial charge is 0.325 e. The van der Waals surface area contributed by atoms with Gasteiger partial charge in [-0.05, 0) is 25.5 Å². The molecule has 0 saturated carbocycles. The van der Waals surface area contributed by atoms with E-state index in [-0.39, 0.29) is 11.4 Å². The lowest BCUT2D eigenvalue weighted by Crippen LogP contribution is -2.32. The molecule has 0 aromatic carbocycles. The smallest absolute Gasteiger partial charge is 0.244 e. The molecule has 2 heterocycles. The van der Waals surface area contributed by atoms with Crippen molar-refractivity contribution in [2.75, 3.05) is 12.3 Å². The first-order valence-electron chi connectivity index (χ1n) is 6.40. The van der Waals surface area contributed by atoms with Crippen LogP contribution in [0.5, 0.6) is 0 Å². The van der Waals surface area contributed by atoms with Gasteiger partial charge in [-0.25, -0.2) is 13.1 Å². The Hall–Kier alpha value is -0.570. The van der Waals surface area contributed by atoms with E-state index in [2.05, 4.69) is 14.9 Å². The third-order valence-corrected chi connectivity index (χ3v) is 6.22. The van der Waals surface area contributed by atoms with Gasteiger partial charge in [0.2, 0.25) is 10.0 Å².